The van der Waals surface area contributed by atoms with Crippen LogP contribution in [0.1, 0.15) is 38.3 Å². The molecule has 0 fully saturated rings. The maximum Gasteiger partial charge on any atom is 0.408 e. The van der Waals surface area contributed by atoms with Crippen LogP contribution in [0.25, 0.3) is 11.0 Å². The highest BCUT2D eigenvalue weighted by Crippen LogP contribution is 2.32. The highest BCUT2D eigenvalue weighted by Gasteiger charge is 2.29. The van der Waals surface area contributed by atoms with Crippen molar-refractivity contribution in [2.75, 3.05) is 0 Å². The summed E-state index contributed by atoms with van der Waals surface area (Å²) >= 11 is 6.35. The Morgan fingerprint density at radius 1 is 1.12 bits per heavy atom. The molecule has 0 aliphatic rings. The lowest BCUT2D eigenvalue weighted by atomic mass is 9.99. The quantitative estimate of drug-likeness (QED) is 0.274. The summed E-state index contributed by atoms with van der Waals surface area (Å²) in [5.74, 6) is -0.889. The Hall–Kier alpha value is -3.32. The fourth-order valence-electron chi connectivity index (χ4n) is 3.33. The van der Waals surface area contributed by atoms with Crippen LogP contribution in [0.4, 0.5) is 4.79 Å². The molecule has 1 amide bonds. The first-order chi connectivity index (χ1) is 15.8. The van der Waals surface area contributed by atoms with Crippen LogP contribution in [0.15, 0.2) is 57.7 Å². The largest absolute Gasteiger partial charge is 0.445 e. The summed E-state index contributed by atoms with van der Waals surface area (Å²) in [6, 6.07) is 12.7. The lowest BCUT2D eigenvalue weighted by Crippen LogP contribution is -2.47. The van der Waals surface area contributed by atoms with Crippen molar-refractivity contribution in [2.24, 2.45) is 5.92 Å². The summed E-state index contributed by atoms with van der Waals surface area (Å²) in [7, 11) is 0. The summed E-state index contributed by atoms with van der Waals surface area (Å²) in [6.07, 6.45) is 0.492. The molecule has 0 saturated carbocycles. The molecule has 0 bridgehead atoms. The van der Waals surface area contributed by atoms with Gasteiger partial charge in [-0.1, -0.05) is 69.1 Å². The zero-order chi connectivity index (χ0) is 24.0. The van der Waals surface area contributed by atoms with E-state index in [0.29, 0.717) is 18.2 Å². The minimum absolute atomic E-state index is 0.0401. The topological polar surface area (TPSA) is 94.8 Å². The van der Waals surface area contributed by atoms with Crippen LogP contribution >= 0.6 is 11.6 Å². The van der Waals surface area contributed by atoms with Crippen LogP contribution in [0.5, 0.6) is 5.75 Å². The van der Waals surface area contributed by atoms with Gasteiger partial charge in [0.2, 0.25) is 0 Å². The van der Waals surface area contributed by atoms with Gasteiger partial charge >= 0.3 is 17.7 Å². The normalized spacial score (nSPS) is 12.7. The van der Waals surface area contributed by atoms with Crippen molar-refractivity contribution in [3.8, 4) is 5.75 Å². The Labute approximate surface area is 196 Å². The minimum atomic E-state index is -0.959. The third-order valence-corrected chi connectivity index (χ3v) is 5.72. The Kier molecular flexibility index (Phi) is 8.11. The monoisotopic (exact) mass is 471 g/mol. The number of carbonyl (C=O) groups is 2. The van der Waals surface area contributed by atoms with Crippen LogP contribution in [0.2, 0.25) is 5.02 Å². The van der Waals surface area contributed by atoms with Crippen molar-refractivity contribution >= 4 is 34.6 Å². The van der Waals surface area contributed by atoms with Gasteiger partial charge in [0.1, 0.15) is 18.2 Å². The molecule has 174 valence electrons. The summed E-state index contributed by atoms with van der Waals surface area (Å²) in [5, 5.41) is 3.45. The van der Waals surface area contributed by atoms with Gasteiger partial charge in [0, 0.05) is 17.5 Å². The first-order valence-electron chi connectivity index (χ1n) is 10.8. The van der Waals surface area contributed by atoms with Gasteiger partial charge in [-0.05, 0) is 29.5 Å². The van der Waals surface area contributed by atoms with Crippen LogP contribution in [0.3, 0.4) is 0 Å². The molecule has 1 heterocycles. The molecule has 2 aromatic carbocycles. The summed E-state index contributed by atoms with van der Waals surface area (Å²) < 4.78 is 16.0. The highest BCUT2D eigenvalue weighted by molar-refractivity contribution is 6.33. The van der Waals surface area contributed by atoms with Crippen molar-refractivity contribution in [1.29, 1.82) is 0 Å². The van der Waals surface area contributed by atoms with E-state index in [4.69, 9.17) is 25.5 Å². The average Bonchev–Trinajstić information content (AvgIpc) is 2.81. The molecule has 7 nitrogen and oxygen atoms in total. The van der Waals surface area contributed by atoms with Crippen molar-refractivity contribution in [3.63, 3.8) is 0 Å². The van der Waals surface area contributed by atoms with E-state index in [1.807, 2.05) is 51.1 Å². The molecule has 0 aliphatic carbocycles. The second-order valence-corrected chi connectivity index (χ2v) is 8.12. The highest BCUT2D eigenvalue weighted by atomic mass is 35.5. The van der Waals surface area contributed by atoms with E-state index in [0.717, 1.165) is 11.1 Å². The van der Waals surface area contributed by atoms with E-state index in [2.05, 4.69) is 5.32 Å². The maximum absolute atomic E-state index is 13.0. The van der Waals surface area contributed by atoms with Crippen molar-refractivity contribution < 1.29 is 23.5 Å². The van der Waals surface area contributed by atoms with Gasteiger partial charge in [0.25, 0.3) is 0 Å². The van der Waals surface area contributed by atoms with Crippen molar-refractivity contribution in [1.82, 2.24) is 5.32 Å². The number of benzene rings is 2. The number of alkyl carbamates (subject to hydrolysis) is 1. The lowest BCUT2D eigenvalue weighted by Gasteiger charge is -2.22. The summed E-state index contributed by atoms with van der Waals surface area (Å²) in [5.41, 5.74) is 1.37. The number of rotatable bonds is 8. The molecule has 8 heteroatoms. The van der Waals surface area contributed by atoms with E-state index in [1.165, 1.54) is 12.1 Å². The second-order valence-electron chi connectivity index (χ2n) is 7.71. The van der Waals surface area contributed by atoms with Crippen LogP contribution in [-0.4, -0.2) is 18.1 Å². The first kappa shape index (κ1) is 24.3. The molecule has 2 atom stereocenters. The van der Waals surface area contributed by atoms with Gasteiger partial charge in [-0.2, -0.15) is 0 Å². The number of hydrogen-bond acceptors (Lipinski definition) is 6. The zero-order valence-electron chi connectivity index (χ0n) is 18.7. The second kappa shape index (κ2) is 11.0. The van der Waals surface area contributed by atoms with Crippen molar-refractivity contribution in [3.05, 3.63) is 75.1 Å². The molecule has 33 heavy (non-hydrogen) atoms. The number of aryl methyl sites for hydroxylation is 1. The van der Waals surface area contributed by atoms with E-state index in [9.17, 15) is 14.4 Å². The molecule has 3 aromatic rings. The number of fused-ring (bicyclic) bond motifs is 1. The predicted molar refractivity (Wildman–Crippen MR) is 126 cm³/mol. The van der Waals surface area contributed by atoms with Gasteiger partial charge in [-0.15, -0.1) is 0 Å². The zero-order valence-corrected chi connectivity index (χ0v) is 19.5. The smallest absolute Gasteiger partial charge is 0.408 e. The molecule has 0 spiro atoms. The fourth-order valence-corrected chi connectivity index (χ4v) is 3.53. The maximum atomic E-state index is 13.0. The fraction of sp³-hybridized carbons (Fsp3) is 0.320. The molecular weight excluding hydrogens is 446 g/mol. The Bertz CT molecular complexity index is 1190. The molecule has 0 aliphatic heterocycles. The summed E-state index contributed by atoms with van der Waals surface area (Å²) in [6.45, 7) is 5.70. The number of carbonyl (C=O) groups excluding carboxylic acids is 2. The number of amides is 1. The standard InChI is InChI=1S/C25H26ClNO6/c1-4-15(3)23(27-25(30)31-14-16-9-7-6-8-10-16)24(29)33-21-13-20-18(12-19(21)26)17(5-2)11-22(28)32-20/h6-13,15,23H,4-5,14H2,1-3H3,(H,27,30)/t15-,23+/m1/s1. The lowest BCUT2D eigenvalue weighted by molar-refractivity contribution is -0.138. The van der Waals surface area contributed by atoms with Gasteiger partial charge in [0.15, 0.2) is 5.75 Å². The number of nitrogens with one attached hydrogen (secondary N) is 1. The third-order valence-electron chi connectivity index (χ3n) is 5.43. The molecule has 0 radical (unpaired) electrons. The van der Waals surface area contributed by atoms with Crippen molar-refractivity contribution in [2.45, 2.75) is 46.3 Å². The van der Waals surface area contributed by atoms with Crippen LogP contribution in [0, 0.1) is 5.92 Å². The molecule has 0 saturated heterocycles. The van der Waals surface area contributed by atoms with Crippen LogP contribution in [-0.2, 0) is 22.6 Å². The summed E-state index contributed by atoms with van der Waals surface area (Å²) in [4.78, 5) is 37.1. The molecule has 3 rings (SSSR count). The molecule has 1 N–H and O–H groups in total. The Morgan fingerprint density at radius 3 is 2.52 bits per heavy atom. The Balaban J connectivity index is 1.77. The van der Waals surface area contributed by atoms with Gasteiger partial charge in [-0.3, -0.25) is 0 Å². The first-order valence-corrected chi connectivity index (χ1v) is 11.1. The number of halogens is 1. The Morgan fingerprint density at radius 2 is 1.85 bits per heavy atom. The molecule has 0 unspecified atom stereocenters. The number of hydrogen-bond donors (Lipinski definition) is 1. The molecular formula is C25H26ClNO6. The number of ether oxygens (including phenoxy) is 2. The average molecular weight is 472 g/mol. The van der Waals surface area contributed by atoms with E-state index < -0.39 is 23.7 Å². The predicted octanol–water partition coefficient (Wildman–Crippen LogP) is 5.26. The van der Waals surface area contributed by atoms with E-state index >= 15 is 0 Å². The minimum Gasteiger partial charge on any atom is -0.445 e. The van der Waals surface area contributed by atoms with Gasteiger partial charge < -0.3 is 19.2 Å². The number of esters is 1. The van der Waals surface area contributed by atoms with Crippen LogP contribution < -0.4 is 15.7 Å². The van der Waals surface area contributed by atoms with E-state index in [1.54, 1.807) is 6.07 Å². The SMILES string of the molecule is CCc1cc(=O)oc2cc(OC(=O)[C@@H](NC(=O)OCc3ccccc3)[C@H](C)CC)c(Cl)cc12. The van der Waals surface area contributed by atoms with E-state index in [-0.39, 0.29) is 28.9 Å². The third kappa shape index (κ3) is 6.14. The van der Waals surface area contributed by atoms with Gasteiger partial charge in [-0.25, -0.2) is 14.4 Å². The molecule has 1 aromatic heterocycles. The van der Waals surface area contributed by atoms with Gasteiger partial charge in [0.05, 0.1) is 5.02 Å².